The van der Waals surface area contributed by atoms with Gasteiger partial charge in [0.05, 0.1) is 12.5 Å². The third-order valence-electron chi connectivity index (χ3n) is 4.34. The van der Waals surface area contributed by atoms with Gasteiger partial charge in [-0.15, -0.1) is 0 Å². The summed E-state index contributed by atoms with van der Waals surface area (Å²) < 4.78 is 0. The third-order valence-corrected chi connectivity index (χ3v) is 4.34. The zero-order chi connectivity index (χ0) is 12.1. The molecule has 0 spiro atoms. The normalized spacial score (nSPS) is 22.1. The van der Waals surface area contributed by atoms with Crippen molar-refractivity contribution in [3.63, 3.8) is 0 Å². The van der Waals surface area contributed by atoms with E-state index in [2.05, 4.69) is 41.3 Å². The van der Waals surface area contributed by atoms with Gasteiger partial charge in [0.15, 0.2) is 0 Å². The van der Waals surface area contributed by atoms with E-state index in [0.29, 0.717) is 18.4 Å². The van der Waals surface area contributed by atoms with Crippen molar-refractivity contribution in [1.82, 2.24) is 4.90 Å². The minimum atomic E-state index is 0.307. The smallest absolute Gasteiger partial charge is 0.227 e. The van der Waals surface area contributed by atoms with Gasteiger partial charge < -0.3 is 4.90 Å². The molecule has 90 valence electrons. The molecule has 2 aromatic rings. The maximum Gasteiger partial charge on any atom is 0.227 e. The summed E-state index contributed by atoms with van der Waals surface area (Å²) in [6.45, 7) is 0.940. The molecular weight excluding hydrogens is 222 g/mol. The molecule has 0 aromatic heterocycles. The second-order valence-corrected chi connectivity index (χ2v) is 5.28. The number of hydrogen-bond donors (Lipinski definition) is 0. The first-order valence-electron chi connectivity index (χ1n) is 6.64. The number of hydrogen-bond acceptors (Lipinski definition) is 1. The van der Waals surface area contributed by atoms with Crippen molar-refractivity contribution in [2.75, 3.05) is 6.54 Å². The van der Waals surface area contributed by atoms with Crippen molar-refractivity contribution < 1.29 is 4.79 Å². The molecule has 1 saturated heterocycles. The Morgan fingerprint density at radius 1 is 1.11 bits per heavy atom. The Bertz CT molecular complexity index is 647. The molecule has 18 heavy (non-hydrogen) atoms. The molecule has 4 rings (SSSR count). The highest BCUT2D eigenvalue weighted by Gasteiger charge is 2.36. The first-order chi connectivity index (χ1) is 8.84. The standard InChI is InChI=1S/C16H15NO/c18-16-10-14-12-5-2-1-4-11(12)7-8-13(14)15-6-3-9-17(15)16/h1-2,4-5,7-8,15H,3,6,9-10H2. The highest BCUT2D eigenvalue weighted by molar-refractivity contribution is 5.93. The van der Waals surface area contributed by atoms with Gasteiger partial charge in [-0.1, -0.05) is 36.4 Å². The molecule has 2 nitrogen and oxygen atoms in total. The summed E-state index contributed by atoms with van der Waals surface area (Å²) in [7, 11) is 0. The molecular formula is C16H15NO. The molecule has 0 saturated carbocycles. The van der Waals surface area contributed by atoms with Gasteiger partial charge in [-0.3, -0.25) is 4.79 Å². The van der Waals surface area contributed by atoms with E-state index in [1.54, 1.807) is 0 Å². The lowest BCUT2D eigenvalue weighted by Crippen LogP contribution is -2.36. The fourth-order valence-corrected chi connectivity index (χ4v) is 3.50. The van der Waals surface area contributed by atoms with E-state index < -0.39 is 0 Å². The average Bonchev–Trinajstić information content (AvgIpc) is 2.89. The van der Waals surface area contributed by atoms with E-state index in [1.807, 2.05) is 0 Å². The SMILES string of the molecule is O=C1Cc2c(ccc3ccccc23)C2CCCN12. The van der Waals surface area contributed by atoms with Crippen LogP contribution in [0.25, 0.3) is 10.8 Å². The van der Waals surface area contributed by atoms with Crippen molar-refractivity contribution in [2.45, 2.75) is 25.3 Å². The van der Waals surface area contributed by atoms with Crippen LogP contribution in [0.1, 0.15) is 30.0 Å². The van der Waals surface area contributed by atoms with Crippen molar-refractivity contribution >= 4 is 16.7 Å². The lowest BCUT2D eigenvalue weighted by Gasteiger charge is -2.32. The molecule has 1 atom stereocenters. The number of carbonyl (C=O) groups is 1. The third kappa shape index (κ3) is 1.26. The van der Waals surface area contributed by atoms with Crippen LogP contribution >= 0.6 is 0 Å². The summed E-state index contributed by atoms with van der Waals surface area (Å²) in [6.07, 6.45) is 2.84. The van der Waals surface area contributed by atoms with Crippen LogP contribution in [0.2, 0.25) is 0 Å². The van der Waals surface area contributed by atoms with E-state index >= 15 is 0 Å². The summed E-state index contributed by atoms with van der Waals surface area (Å²) in [5, 5.41) is 2.50. The van der Waals surface area contributed by atoms with Crippen molar-refractivity contribution in [1.29, 1.82) is 0 Å². The van der Waals surface area contributed by atoms with Crippen LogP contribution in [0.5, 0.6) is 0 Å². The molecule has 2 heteroatoms. The van der Waals surface area contributed by atoms with Gasteiger partial charge in [0, 0.05) is 6.54 Å². The quantitative estimate of drug-likeness (QED) is 0.689. The van der Waals surface area contributed by atoms with Crippen molar-refractivity contribution in [3.05, 3.63) is 47.5 Å². The maximum absolute atomic E-state index is 12.2. The molecule has 2 aliphatic heterocycles. The van der Waals surface area contributed by atoms with E-state index in [1.165, 1.54) is 21.9 Å². The summed E-state index contributed by atoms with van der Waals surface area (Å²) >= 11 is 0. The number of rotatable bonds is 0. The molecule has 0 bridgehead atoms. The zero-order valence-corrected chi connectivity index (χ0v) is 10.2. The number of amides is 1. The van der Waals surface area contributed by atoms with E-state index in [-0.39, 0.29) is 0 Å². The minimum Gasteiger partial charge on any atom is -0.335 e. The highest BCUT2D eigenvalue weighted by atomic mass is 16.2. The van der Waals surface area contributed by atoms with E-state index in [9.17, 15) is 4.79 Å². The summed E-state index contributed by atoms with van der Waals surface area (Å²) in [4.78, 5) is 14.3. The van der Waals surface area contributed by atoms with E-state index in [4.69, 9.17) is 0 Å². The highest BCUT2D eigenvalue weighted by Crippen LogP contribution is 2.40. The first-order valence-corrected chi connectivity index (χ1v) is 6.64. The second-order valence-electron chi connectivity index (χ2n) is 5.28. The Kier molecular flexibility index (Phi) is 2.01. The number of fused-ring (bicyclic) bond motifs is 5. The molecule has 0 radical (unpaired) electrons. The number of nitrogens with zero attached hydrogens (tertiary/aromatic N) is 1. The number of carbonyl (C=O) groups excluding carboxylic acids is 1. The average molecular weight is 237 g/mol. The molecule has 1 amide bonds. The largest absolute Gasteiger partial charge is 0.335 e. The molecule has 1 fully saturated rings. The molecule has 2 aliphatic rings. The van der Waals surface area contributed by atoms with Crippen LogP contribution in [0.3, 0.4) is 0 Å². The monoisotopic (exact) mass is 237 g/mol. The Labute approximate surface area is 106 Å². The predicted octanol–water partition coefficient (Wildman–Crippen LogP) is 3.06. The fraction of sp³-hybridized carbons (Fsp3) is 0.312. The molecule has 2 aromatic carbocycles. The van der Waals surface area contributed by atoms with Crippen molar-refractivity contribution in [3.8, 4) is 0 Å². The van der Waals surface area contributed by atoms with Crippen LogP contribution in [-0.2, 0) is 11.2 Å². The Hall–Kier alpha value is -1.83. The minimum absolute atomic E-state index is 0.307. The van der Waals surface area contributed by atoms with Gasteiger partial charge in [0.25, 0.3) is 0 Å². The summed E-state index contributed by atoms with van der Waals surface area (Å²) in [6, 6.07) is 13.2. The lowest BCUT2D eigenvalue weighted by molar-refractivity contribution is -0.132. The predicted molar refractivity (Wildman–Crippen MR) is 71.3 cm³/mol. The second kappa shape index (κ2) is 3.58. The summed E-state index contributed by atoms with van der Waals surface area (Å²) in [5.41, 5.74) is 2.65. The topological polar surface area (TPSA) is 20.3 Å². The summed E-state index contributed by atoms with van der Waals surface area (Å²) in [5.74, 6) is 0.307. The van der Waals surface area contributed by atoms with Crippen LogP contribution < -0.4 is 0 Å². The first kappa shape index (κ1) is 10.1. The zero-order valence-electron chi connectivity index (χ0n) is 10.2. The van der Waals surface area contributed by atoms with Gasteiger partial charge in [-0.2, -0.15) is 0 Å². The lowest BCUT2D eigenvalue weighted by atomic mass is 9.88. The Morgan fingerprint density at radius 2 is 2.00 bits per heavy atom. The Balaban J connectivity index is 2.00. The van der Waals surface area contributed by atoms with Crippen LogP contribution in [0.4, 0.5) is 0 Å². The fourth-order valence-electron chi connectivity index (χ4n) is 3.50. The Morgan fingerprint density at radius 3 is 2.94 bits per heavy atom. The number of benzene rings is 2. The van der Waals surface area contributed by atoms with Gasteiger partial charge in [-0.05, 0) is 34.7 Å². The molecule has 0 aliphatic carbocycles. The van der Waals surface area contributed by atoms with Gasteiger partial charge in [-0.25, -0.2) is 0 Å². The van der Waals surface area contributed by atoms with Gasteiger partial charge >= 0.3 is 0 Å². The van der Waals surface area contributed by atoms with Crippen LogP contribution in [0.15, 0.2) is 36.4 Å². The van der Waals surface area contributed by atoms with Crippen LogP contribution in [-0.4, -0.2) is 17.4 Å². The molecule has 0 N–H and O–H groups in total. The molecule has 2 heterocycles. The van der Waals surface area contributed by atoms with Gasteiger partial charge in [0.2, 0.25) is 5.91 Å². The molecule has 1 unspecified atom stereocenters. The van der Waals surface area contributed by atoms with Gasteiger partial charge in [0.1, 0.15) is 0 Å². The van der Waals surface area contributed by atoms with E-state index in [0.717, 1.165) is 19.4 Å². The maximum atomic E-state index is 12.2. The van der Waals surface area contributed by atoms with Crippen LogP contribution in [0, 0.1) is 0 Å². The van der Waals surface area contributed by atoms with Crippen molar-refractivity contribution in [2.24, 2.45) is 0 Å².